The predicted octanol–water partition coefficient (Wildman–Crippen LogP) is 1.72. The molecule has 0 N–H and O–H groups in total. The van der Waals surface area contributed by atoms with Gasteiger partial charge in [-0.2, -0.15) is 13.2 Å². The third kappa shape index (κ3) is 5.25. The van der Waals surface area contributed by atoms with E-state index in [2.05, 4.69) is 29.5 Å². The summed E-state index contributed by atoms with van der Waals surface area (Å²) in [5.41, 5.74) is 0.578. The molecule has 0 aliphatic carbocycles. The lowest BCUT2D eigenvalue weighted by atomic mass is 9.96. The number of rotatable bonds is 8. The molecule has 13 heteroatoms. The zero-order chi connectivity index (χ0) is 24.7. The van der Waals surface area contributed by atoms with Crippen molar-refractivity contribution in [2.24, 2.45) is 5.92 Å². The quantitative estimate of drug-likeness (QED) is 0.508. The van der Waals surface area contributed by atoms with E-state index in [4.69, 9.17) is 9.47 Å². The molecule has 5 heterocycles. The summed E-state index contributed by atoms with van der Waals surface area (Å²) in [5.74, 6) is 0.916. The van der Waals surface area contributed by atoms with Crippen molar-refractivity contribution in [1.82, 2.24) is 19.9 Å². The summed E-state index contributed by atoms with van der Waals surface area (Å²) in [7, 11) is 4.00. The summed E-state index contributed by atoms with van der Waals surface area (Å²) in [6.45, 7) is 0.673. The molecule has 35 heavy (non-hydrogen) atoms. The number of halogens is 3. The molecule has 3 atom stereocenters. The van der Waals surface area contributed by atoms with Crippen LogP contribution in [0.3, 0.4) is 0 Å². The fraction of sp³-hybridized carbons (Fsp3) is 0.545. The Balaban J connectivity index is 1.12. The smallest absolute Gasteiger partial charge is 0.422 e. The maximum Gasteiger partial charge on any atom is 0.422 e. The number of carbonyl (C=O) groups excluding carboxylic acids is 1. The Bertz CT molecular complexity index is 1050. The van der Waals surface area contributed by atoms with Crippen LogP contribution >= 0.6 is 0 Å². The fourth-order valence-corrected chi connectivity index (χ4v) is 4.24. The van der Waals surface area contributed by atoms with E-state index >= 15 is 0 Å². The van der Waals surface area contributed by atoms with Crippen LogP contribution in [-0.4, -0.2) is 90.7 Å². The van der Waals surface area contributed by atoms with Gasteiger partial charge >= 0.3 is 6.18 Å². The van der Waals surface area contributed by atoms with Crippen LogP contribution in [0.15, 0.2) is 30.7 Å². The molecule has 188 valence electrons. The van der Waals surface area contributed by atoms with E-state index in [1.54, 1.807) is 17.3 Å². The third-order valence-corrected chi connectivity index (χ3v) is 6.13. The first-order valence-electron chi connectivity index (χ1n) is 11.2. The van der Waals surface area contributed by atoms with Gasteiger partial charge in [-0.1, -0.05) is 0 Å². The number of aromatic nitrogens is 3. The van der Waals surface area contributed by atoms with Crippen LogP contribution in [0.4, 0.5) is 24.8 Å². The molecule has 2 aromatic heterocycles. The van der Waals surface area contributed by atoms with Gasteiger partial charge in [0.1, 0.15) is 18.1 Å². The van der Waals surface area contributed by atoms with Crippen molar-refractivity contribution >= 4 is 17.5 Å². The number of hydrogen-bond acceptors (Lipinski definition) is 9. The Morgan fingerprint density at radius 1 is 1.14 bits per heavy atom. The molecule has 3 saturated heterocycles. The van der Waals surface area contributed by atoms with Gasteiger partial charge in [-0.15, -0.1) is 0 Å². The average Bonchev–Trinajstić information content (AvgIpc) is 3.50. The highest BCUT2D eigenvalue weighted by Crippen LogP contribution is 2.37. The summed E-state index contributed by atoms with van der Waals surface area (Å²) < 4.78 is 52.7. The largest absolute Gasteiger partial charge is 0.479 e. The number of alkyl halides is 3. The van der Waals surface area contributed by atoms with Gasteiger partial charge < -0.3 is 24.0 Å². The molecule has 2 unspecified atom stereocenters. The van der Waals surface area contributed by atoms with Crippen LogP contribution in [-0.2, 0) is 9.53 Å². The van der Waals surface area contributed by atoms with Gasteiger partial charge in [0.2, 0.25) is 11.8 Å². The Hall–Kier alpha value is -3.19. The molecule has 0 spiro atoms. The maximum atomic E-state index is 12.8. The SMILES string of the molecule is CN(C)C1OC1C1CN(c2ncc(N3CC[C@H](Oc4ccc(OCC(F)(F)F)nc4)C3=O)cn2)C1. The predicted molar refractivity (Wildman–Crippen MR) is 117 cm³/mol. The van der Waals surface area contributed by atoms with Crippen molar-refractivity contribution in [3.63, 3.8) is 0 Å². The first-order valence-corrected chi connectivity index (χ1v) is 11.2. The van der Waals surface area contributed by atoms with Crippen LogP contribution in [0.25, 0.3) is 0 Å². The van der Waals surface area contributed by atoms with E-state index in [0.717, 1.165) is 13.1 Å². The number of carbonyl (C=O) groups is 1. The van der Waals surface area contributed by atoms with Crippen LogP contribution < -0.4 is 19.3 Å². The van der Waals surface area contributed by atoms with Crippen LogP contribution in [0, 0.1) is 5.92 Å². The molecule has 0 aromatic carbocycles. The van der Waals surface area contributed by atoms with Gasteiger partial charge in [-0.25, -0.2) is 15.0 Å². The van der Waals surface area contributed by atoms with E-state index in [-0.39, 0.29) is 29.9 Å². The summed E-state index contributed by atoms with van der Waals surface area (Å²) in [5, 5.41) is 0. The maximum absolute atomic E-state index is 12.8. The van der Waals surface area contributed by atoms with Gasteiger partial charge in [0, 0.05) is 38.0 Å². The van der Waals surface area contributed by atoms with E-state index in [0.29, 0.717) is 30.5 Å². The lowest BCUT2D eigenvalue weighted by Crippen LogP contribution is -2.51. The zero-order valence-electron chi connectivity index (χ0n) is 19.2. The molecule has 0 radical (unpaired) electrons. The van der Waals surface area contributed by atoms with Crippen molar-refractivity contribution < 1.29 is 32.2 Å². The number of likely N-dealkylation sites (N-methyl/N-ethyl adjacent to an activating group) is 1. The summed E-state index contributed by atoms with van der Waals surface area (Å²) in [4.78, 5) is 31.2. The molecule has 1 amide bonds. The van der Waals surface area contributed by atoms with Crippen LogP contribution in [0.5, 0.6) is 11.6 Å². The molecule has 5 rings (SSSR count). The topological polar surface area (TPSA) is 96.5 Å². The van der Waals surface area contributed by atoms with Crippen LogP contribution in [0.1, 0.15) is 6.42 Å². The normalized spacial score (nSPS) is 24.6. The van der Waals surface area contributed by atoms with E-state index < -0.39 is 18.9 Å². The lowest BCUT2D eigenvalue weighted by molar-refractivity contribution is -0.154. The minimum Gasteiger partial charge on any atom is -0.479 e. The highest BCUT2D eigenvalue weighted by Gasteiger charge is 2.51. The number of pyridine rings is 1. The summed E-state index contributed by atoms with van der Waals surface area (Å²) in [6.07, 6.45) is 0.190. The number of epoxide rings is 1. The molecule has 0 bridgehead atoms. The van der Waals surface area contributed by atoms with Crippen LogP contribution in [0.2, 0.25) is 0 Å². The second kappa shape index (κ2) is 9.11. The number of ether oxygens (including phenoxy) is 3. The molecule has 0 saturated carbocycles. The average molecular weight is 494 g/mol. The lowest BCUT2D eigenvalue weighted by Gasteiger charge is -2.38. The number of hydrogen-bond donors (Lipinski definition) is 0. The molecule has 3 aliphatic heterocycles. The van der Waals surface area contributed by atoms with E-state index in [1.807, 2.05) is 14.1 Å². The minimum absolute atomic E-state index is 0.179. The number of amides is 1. The van der Waals surface area contributed by atoms with Gasteiger partial charge in [-0.05, 0) is 20.2 Å². The highest BCUT2D eigenvalue weighted by atomic mass is 19.4. The zero-order valence-corrected chi connectivity index (χ0v) is 19.2. The summed E-state index contributed by atoms with van der Waals surface area (Å²) in [6, 6.07) is 2.68. The van der Waals surface area contributed by atoms with Gasteiger partial charge in [0.15, 0.2) is 12.7 Å². The van der Waals surface area contributed by atoms with Crippen molar-refractivity contribution in [1.29, 1.82) is 0 Å². The van der Waals surface area contributed by atoms with Gasteiger partial charge in [0.05, 0.1) is 24.3 Å². The molecule has 2 aromatic rings. The second-order valence-electron chi connectivity index (χ2n) is 8.98. The van der Waals surface area contributed by atoms with E-state index in [9.17, 15) is 18.0 Å². The standard InChI is InChI=1S/C22H25F3N6O4/c1-29(2)20-18(35-20)13-10-30(11-13)21-27-7-14(8-28-21)31-6-5-16(19(31)32)34-15-3-4-17(26-9-15)33-12-22(23,24)25/h3-4,7-9,13,16,18,20H,5-6,10-12H2,1-2H3/t16-,18?,20?/m0/s1. The van der Waals surface area contributed by atoms with Crippen molar-refractivity contribution in [2.45, 2.75) is 31.0 Å². The Morgan fingerprint density at radius 3 is 2.49 bits per heavy atom. The molecule has 10 nitrogen and oxygen atoms in total. The Labute approximate surface area is 199 Å². The van der Waals surface area contributed by atoms with Crippen molar-refractivity contribution in [3.8, 4) is 11.6 Å². The first kappa shape index (κ1) is 23.5. The highest BCUT2D eigenvalue weighted by molar-refractivity contribution is 5.98. The van der Waals surface area contributed by atoms with Gasteiger partial charge in [0.25, 0.3) is 5.91 Å². The van der Waals surface area contributed by atoms with Crippen molar-refractivity contribution in [3.05, 3.63) is 30.7 Å². The molecular weight excluding hydrogens is 469 g/mol. The Morgan fingerprint density at radius 2 is 1.89 bits per heavy atom. The number of anilines is 2. The van der Waals surface area contributed by atoms with E-state index in [1.165, 1.54) is 18.3 Å². The summed E-state index contributed by atoms with van der Waals surface area (Å²) >= 11 is 0. The monoisotopic (exact) mass is 494 g/mol. The van der Waals surface area contributed by atoms with Crippen molar-refractivity contribution in [2.75, 3.05) is 50.1 Å². The Kier molecular flexibility index (Phi) is 6.13. The van der Waals surface area contributed by atoms with Gasteiger partial charge in [-0.3, -0.25) is 9.69 Å². The minimum atomic E-state index is -4.45. The third-order valence-electron chi connectivity index (χ3n) is 6.13. The second-order valence-corrected chi connectivity index (χ2v) is 8.98. The fourth-order valence-electron chi connectivity index (χ4n) is 4.24. The number of nitrogens with zero attached hydrogens (tertiary/aromatic N) is 6. The molecule has 3 aliphatic rings. The molecule has 3 fully saturated rings. The first-order chi connectivity index (χ1) is 16.7. The molecular formula is C22H25F3N6O4.